The quantitative estimate of drug-likeness (QED) is 0.793. The summed E-state index contributed by atoms with van der Waals surface area (Å²) in [5.41, 5.74) is 2.06. The van der Waals surface area contributed by atoms with Gasteiger partial charge in [0.1, 0.15) is 5.75 Å². The third-order valence-corrected chi connectivity index (χ3v) is 2.43. The predicted molar refractivity (Wildman–Crippen MR) is 61.2 cm³/mol. The maximum absolute atomic E-state index is 9.23. The molecule has 1 N–H and O–H groups in total. The zero-order valence-electron chi connectivity index (χ0n) is 9.66. The van der Waals surface area contributed by atoms with Crippen LogP contribution in [0.15, 0.2) is 18.2 Å². The van der Waals surface area contributed by atoms with Gasteiger partial charge >= 0.3 is 0 Å². The molecule has 0 unspecified atom stereocenters. The van der Waals surface area contributed by atoms with E-state index in [4.69, 9.17) is 4.74 Å². The van der Waals surface area contributed by atoms with Gasteiger partial charge in [0.15, 0.2) is 0 Å². The summed E-state index contributed by atoms with van der Waals surface area (Å²) in [6.45, 7) is 1.02. The van der Waals surface area contributed by atoms with Gasteiger partial charge in [0.05, 0.1) is 13.7 Å². The lowest BCUT2D eigenvalue weighted by Crippen LogP contribution is -2.16. The van der Waals surface area contributed by atoms with Crippen molar-refractivity contribution < 1.29 is 9.84 Å². The first-order valence-electron chi connectivity index (χ1n) is 5.09. The molecule has 0 radical (unpaired) electrons. The molecule has 1 aromatic rings. The van der Waals surface area contributed by atoms with E-state index in [1.807, 2.05) is 32.3 Å². The molecule has 0 aliphatic heterocycles. The molecule has 1 aromatic carbocycles. The van der Waals surface area contributed by atoms with E-state index in [0.29, 0.717) is 0 Å². The number of ether oxygens (including phenoxy) is 1. The maximum atomic E-state index is 9.23. The molecule has 15 heavy (non-hydrogen) atoms. The summed E-state index contributed by atoms with van der Waals surface area (Å²) in [6.07, 6.45) is 0.896. The molecular formula is C12H19NO2. The maximum Gasteiger partial charge on any atom is 0.122 e. The van der Waals surface area contributed by atoms with Crippen molar-refractivity contribution >= 4 is 0 Å². The average Bonchev–Trinajstić information content (AvgIpc) is 2.25. The fraction of sp³-hybridized carbons (Fsp3) is 0.500. The molecular weight excluding hydrogens is 190 g/mol. The number of hydrogen-bond acceptors (Lipinski definition) is 3. The molecule has 1 rings (SSSR count). The summed E-state index contributed by atoms with van der Waals surface area (Å²) < 4.78 is 5.29. The standard InChI is InChI=1S/C12H19NO2/c1-13(2)8-7-11-10(9-14)5-4-6-12(11)15-3/h4-6,14H,7-9H2,1-3H3. The van der Waals surface area contributed by atoms with Crippen LogP contribution in [0.2, 0.25) is 0 Å². The highest BCUT2D eigenvalue weighted by Crippen LogP contribution is 2.22. The Bertz CT molecular complexity index is 288. The second-order valence-electron chi connectivity index (χ2n) is 3.81. The molecule has 0 saturated carbocycles. The normalized spacial score (nSPS) is 10.7. The van der Waals surface area contributed by atoms with E-state index in [9.17, 15) is 5.11 Å². The minimum Gasteiger partial charge on any atom is -0.496 e. The van der Waals surface area contributed by atoms with Crippen molar-refractivity contribution in [2.75, 3.05) is 27.7 Å². The van der Waals surface area contributed by atoms with Crippen LogP contribution in [0, 0.1) is 0 Å². The topological polar surface area (TPSA) is 32.7 Å². The largest absolute Gasteiger partial charge is 0.496 e. The molecule has 0 atom stereocenters. The van der Waals surface area contributed by atoms with Gasteiger partial charge in [-0.05, 0) is 32.1 Å². The van der Waals surface area contributed by atoms with Crippen molar-refractivity contribution in [2.24, 2.45) is 0 Å². The van der Waals surface area contributed by atoms with Gasteiger partial charge in [-0.1, -0.05) is 12.1 Å². The molecule has 0 aromatic heterocycles. The van der Waals surface area contributed by atoms with E-state index in [1.54, 1.807) is 7.11 Å². The Morgan fingerprint density at radius 3 is 2.60 bits per heavy atom. The SMILES string of the molecule is COc1cccc(CO)c1CCN(C)C. The highest BCUT2D eigenvalue weighted by molar-refractivity contribution is 5.40. The number of hydrogen-bond donors (Lipinski definition) is 1. The molecule has 0 fully saturated rings. The summed E-state index contributed by atoms with van der Waals surface area (Å²) in [5, 5.41) is 9.23. The van der Waals surface area contributed by atoms with Crippen LogP contribution in [0.3, 0.4) is 0 Å². The van der Waals surface area contributed by atoms with Gasteiger partial charge in [-0.2, -0.15) is 0 Å². The van der Waals surface area contributed by atoms with Gasteiger partial charge < -0.3 is 14.7 Å². The first-order valence-corrected chi connectivity index (χ1v) is 5.09. The number of aliphatic hydroxyl groups excluding tert-OH is 1. The molecule has 3 heteroatoms. The Hall–Kier alpha value is -1.06. The molecule has 84 valence electrons. The summed E-state index contributed by atoms with van der Waals surface area (Å²) in [5.74, 6) is 0.864. The fourth-order valence-corrected chi connectivity index (χ4v) is 1.57. The average molecular weight is 209 g/mol. The minimum atomic E-state index is 0.0694. The van der Waals surface area contributed by atoms with Crippen molar-refractivity contribution in [1.82, 2.24) is 4.90 Å². The van der Waals surface area contributed by atoms with Crippen LogP contribution in [0.1, 0.15) is 11.1 Å². The van der Waals surface area contributed by atoms with Crippen molar-refractivity contribution in [2.45, 2.75) is 13.0 Å². The van der Waals surface area contributed by atoms with Crippen LogP contribution in [-0.4, -0.2) is 37.8 Å². The number of likely N-dealkylation sites (N-methyl/N-ethyl adjacent to an activating group) is 1. The van der Waals surface area contributed by atoms with Gasteiger partial charge in [-0.3, -0.25) is 0 Å². The van der Waals surface area contributed by atoms with Crippen molar-refractivity contribution in [3.63, 3.8) is 0 Å². The van der Waals surface area contributed by atoms with Crippen LogP contribution >= 0.6 is 0 Å². The van der Waals surface area contributed by atoms with Gasteiger partial charge in [0.2, 0.25) is 0 Å². The first kappa shape index (κ1) is 12.0. The molecule has 3 nitrogen and oxygen atoms in total. The lowest BCUT2D eigenvalue weighted by atomic mass is 10.0. The lowest BCUT2D eigenvalue weighted by molar-refractivity contribution is 0.278. The Morgan fingerprint density at radius 1 is 1.33 bits per heavy atom. The lowest BCUT2D eigenvalue weighted by Gasteiger charge is -2.15. The number of methoxy groups -OCH3 is 1. The Kier molecular flexibility index (Phi) is 4.59. The zero-order valence-corrected chi connectivity index (χ0v) is 9.66. The second kappa shape index (κ2) is 5.73. The monoisotopic (exact) mass is 209 g/mol. The van der Waals surface area contributed by atoms with E-state index in [2.05, 4.69) is 4.90 Å². The molecule has 0 bridgehead atoms. The third kappa shape index (κ3) is 3.22. The fourth-order valence-electron chi connectivity index (χ4n) is 1.57. The molecule has 0 amide bonds. The first-order chi connectivity index (χ1) is 7.19. The van der Waals surface area contributed by atoms with E-state index < -0.39 is 0 Å². The van der Waals surface area contributed by atoms with Crippen LogP contribution < -0.4 is 4.74 Å². The number of nitrogens with zero attached hydrogens (tertiary/aromatic N) is 1. The van der Waals surface area contributed by atoms with Crippen molar-refractivity contribution in [3.8, 4) is 5.75 Å². The van der Waals surface area contributed by atoms with Gasteiger partial charge in [0.25, 0.3) is 0 Å². The third-order valence-electron chi connectivity index (χ3n) is 2.43. The Labute approximate surface area is 91.3 Å². The van der Waals surface area contributed by atoms with Crippen LogP contribution in [0.25, 0.3) is 0 Å². The summed E-state index contributed by atoms with van der Waals surface area (Å²) >= 11 is 0. The molecule has 0 spiro atoms. The van der Waals surface area contributed by atoms with E-state index >= 15 is 0 Å². The number of aliphatic hydroxyl groups is 1. The van der Waals surface area contributed by atoms with Crippen LogP contribution in [-0.2, 0) is 13.0 Å². The molecule has 0 aliphatic carbocycles. The zero-order chi connectivity index (χ0) is 11.3. The number of rotatable bonds is 5. The van der Waals surface area contributed by atoms with Gasteiger partial charge in [0, 0.05) is 12.1 Å². The summed E-state index contributed by atoms with van der Waals surface area (Å²) in [4.78, 5) is 2.12. The Morgan fingerprint density at radius 2 is 2.07 bits per heavy atom. The van der Waals surface area contributed by atoms with E-state index in [-0.39, 0.29) is 6.61 Å². The summed E-state index contributed by atoms with van der Waals surface area (Å²) in [6, 6.07) is 5.78. The highest BCUT2D eigenvalue weighted by Gasteiger charge is 2.08. The van der Waals surface area contributed by atoms with Crippen LogP contribution in [0.4, 0.5) is 0 Å². The highest BCUT2D eigenvalue weighted by atomic mass is 16.5. The smallest absolute Gasteiger partial charge is 0.122 e. The molecule has 0 aliphatic rings. The van der Waals surface area contributed by atoms with Gasteiger partial charge in [-0.25, -0.2) is 0 Å². The Balaban J connectivity index is 2.89. The van der Waals surface area contributed by atoms with Crippen molar-refractivity contribution in [1.29, 1.82) is 0 Å². The molecule has 0 saturated heterocycles. The predicted octanol–water partition coefficient (Wildman–Crippen LogP) is 1.29. The van der Waals surface area contributed by atoms with Crippen LogP contribution in [0.5, 0.6) is 5.75 Å². The van der Waals surface area contributed by atoms with E-state index in [0.717, 1.165) is 29.8 Å². The minimum absolute atomic E-state index is 0.0694. The van der Waals surface area contributed by atoms with Crippen molar-refractivity contribution in [3.05, 3.63) is 29.3 Å². The van der Waals surface area contributed by atoms with E-state index in [1.165, 1.54) is 0 Å². The second-order valence-corrected chi connectivity index (χ2v) is 3.81. The summed E-state index contributed by atoms with van der Waals surface area (Å²) in [7, 11) is 5.73. The molecule has 0 heterocycles. The number of benzene rings is 1. The van der Waals surface area contributed by atoms with Gasteiger partial charge in [-0.15, -0.1) is 0 Å².